The molecular formula is C16H17N3O2S2. The van der Waals surface area contributed by atoms with E-state index in [1.807, 2.05) is 45.0 Å². The lowest BCUT2D eigenvalue weighted by molar-refractivity contribution is -0.120. The molecule has 1 aromatic carbocycles. The molecule has 0 saturated heterocycles. The molecule has 1 amide bonds. The minimum atomic E-state index is -0.229. The summed E-state index contributed by atoms with van der Waals surface area (Å²) in [7, 11) is 0. The van der Waals surface area contributed by atoms with Crippen molar-refractivity contribution >= 4 is 39.2 Å². The first-order chi connectivity index (χ1) is 11.0. The number of amides is 1. The molecule has 0 saturated carbocycles. The number of carbonyl (C=O) groups excluding carboxylic acids is 1. The van der Waals surface area contributed by atoms with Crippen LogP contribution in [0.5, 0.6) is 0 Å². The van der Waals surface area contributed by atoms with E-state index in [0.717, 1.165) is 26.0 Å². The second-order valence-corrected chi connectivity index (χ2v) is 7.79. The van der Waals surface area contributed by atoms with E-state index in [1.54, 1.807) is 11.3 Å². The van der Waals surface area contributed by atoms with Gasteiger partial charge in [0.15, 0.2) is 4.34 Å². The van der Waals surface area contributed by atoms with Gasteiger partial charge in [-0.2, -0.15) is 0 Å². The third-order valence-corrected chi connectivity index (χ3v) is 5.64. The molecule has 3 rings (SSSR count). The molecule has 3 aromatic rings. The summed E-state index contributed by atoms with van der Waals surface area (Å²) < 4.78 is 7.49. The van der Waals surface area contributed by atoms with Crippen LogP contribution in [0.15, 0.2) is 33.0 Å². The van der Waals surface area contributed by atoms with Gasteiger partial charge in [-0.25, -0.2) is 9.97 Å². The van der Waals surface area contributed by atoms with Crippen LogP contribution in [0.3, 0.4) is 0 Å². The molecule has 0 aliphatic carbocycles. The Kier molecular flexibility index (Phi) is 4.68. The van der Waals surface area contributed by atoms with Crippen LogP contribution in [-0.2, 0) is 11.3 Å². The fourth-order valence-corrected chi connectivity index (χ4v) is 4.26. The zero-order valence-electron chi connectivity index (χ0n) is 13.1. The number of para-hydroxylation sites is 1. The van der Waals surface area contributed by atoms with Crippen LogP contribution in [0.2, 0.25) is 0 Å². The third kappa shape index (κ3) is 3.73. The fraction of sp³-hybridized carbons (Fsp3) is 0.312. The van der Waals surface area contributed by atoms with Gasteiger partial charge in [0.2, 0.25) is 11.8 Å². The SMILES string of the molecule is Cc1nc(CNC(=O)C(C)Sc2nc3ccccc3s2)oc1C. The Morgan fingerprint density at radius 3 is 2.83 bits per heavy atom. The summed E-state index contributed by atoms with van der Waals surface area (Å²) in [5, 5.41) is 2.63. The molecule has 5 nitrogen and oxygen atoms in total. The molecule has 0 bridgehead atoms. The zero-order valence-corrected chi connectivity index (χ0v) is 14.8. The summed E-state index contributed by atoms with van der Waals surface area (Å²) >= 11 is 3.07. The maximum absolute atomic E-state index is 12.2. The van der Waals surface area contributed by atoms with Gasteiger partial charge in [0.05, 0.1) is 27.7 Å². The van der Waals surface area contributed by atoms with Gasteiger partial charge >= 0.3 is 0 Å². The largest absolute Gasteiger partial charge is 0.444 e. The number of aromatic nitrogens is 2. The smallest absolute Gasteiger partial charge is 0.233 e. The number of nitrogens with zero attached hydrogens (tertiary/aromatic N) is 2. The molecule has 0 spiro atoms. The highest BCUT2D eigenvalue weighted by atomic mass is 32.2. The molecule has 0 radical (unpaired) electrons. The van der Waals surface area contributed by atoms with Gasteiger partial charge in [0.25, 0.3) is 0 Å². The Morgan fingerprint density at radius 1 is 1.35 bits per heavy atom. The van der Waals surface area contributed by atoms with E-state index in [0.29, 0.717) is 12.4 Å². The number of carbonyl (C=O) groups is 1. The van der Waals surface area contributed by atoms with E-state index in [9.17, 15) is 4.79 Å². The quantitative estimate of drug-likeness (QED) is 0.713. The Labute approximate surface area is 142 Å². The van der Waals surface area contributed by atoms with Crippen LogP contribution in [0, 0.1) is 13.8 Å². The number of hydrogen-bond acceptors (Lipinski definition) is 6. The molecule has 120 valence electrons. The molecule has 0 fully saturated rings. The Balaban J connectivity index is 1.58. The van der Waals surface area contributed by atoms with Crippen molar-refractivity contribution < 1.29 is 9.21 Å². The number of fused-ring (bicyclic) bond motifs is 1. The van der Waals surface area contributed by atoms with Crippen LogP contribution in [0.25, 0.3) is 10.2 Å². The van der Waals surface area contributed by atoms with Crippen molar-refractivity contribution in [2.24, 2.45) is 0 Å². The lowest BCUT2D eigenvalue weighted by Gasteiger charge is -2.08. The monoisotopic (exact) mass is 347 g/mol. The van der Waals surface area contributed by atoms with Crippen LogP contribution in [0.4, 0.5) is 0 Å². The number of hydrogen-bond donors (Lipinski definition) is 1. The highest BCUT2D eigenvalue weighted by Gasteiger charge is 2.17. The number of aryl methyl sites for hydroxylation is 2. The minimum absolute atomic E-state index is 0.0530. The average Bonchev–Trinajstić information content (AvgIpc) is 3.07. The zero-order chi connectivity index (χ0) is 16.4. The Morgan fingerprint density at radius 2 is 2.13 bits per heavy atom. The Hall–Kier alpha value is -1.86. The number of nitrogens with one attached hydrogen (secondary N) is 1. The van der Waals surface area contributed by atoms with Crippen LogP contribution >= 0.6 is 23.1 Å². The van der Waals surface area contributed by atoms with Crippen molar-refractivity contribution in [3.63, 3.8) is 0 Å². The number of thiazole rings is 1. The topological polar surface area (TPSA) is 68.0 Å². The van der Waals surface area contributed by atoms with E-state index in [4.69, 9.17) is 4.42 Å². The second-order valence-electron chi connectivity index (χ2n) is 5.17. The maximum atomic E-state index is 12.2. The molecule has 1 atom stereocenters. The molecule has 1 N–H and O–H groups in total. The van der Waals surface area contributed by atoms with Crippen molar-refractivity contribution in [3.8, 4) is 0 Å². The first-order valence-electron chi connectivity index (χ1n) is 7.26. The normalized spacial score (nSPS) is 12.5. The Bertz CT molecular complexity index is 788. The van der Waals surface area contributed by atoms with E-state index in [2.05, 4.69) is 15.3 Å². The third-order valence-electron chi connectivity index (χ3n) is 3.41. The number of oxazole rings is 1. The van der Waals surface area contributed by atoms with Gasteiger partial charge in [0, 0.05) is 0 Å². The van der Waals surface area contributed by atoms with Crippen molar-refractivity contribution in [2.45, 2.75) is 36.9 Å². The summed E-state index contributed by atoms with van der Waals surface area (Å²) in [6, 6.07) is 7.97. The van der Waals surface area contributed by atoms with Gasteiger partial charge in [-0.3, -0.25) is 4.79 Å². The number of thioether (sulfide) groups is 1. The van der Waals surface area contributed by atoms with Gasteiger partial charge in [-0.05, 0) is 32.9 Å². The van der Waals surface area contributed by atoms with Crippen molar-refractivity contribution in [3.05, 3.63) is 41.6 Å². The first kappa shape index (κ1) is 16.0. The van der Waals surface area contributed by atoms with E-state index in [1.165, 1.54) is 11.8 Å². The summed E-state index contributed by atoms with van der Waals surface area (Å²) in [6.07, 6.45) is 0. The molecule has 0 aliphatic rings. The lowest BCUT2D eigenvalue weighted by Crippen LogP contribution is -2.30. The predicted molar refractivity (Wildman–Crippen MR) is 92.8 cm³/mol. The van der Waals surface area contributed by atoms with E-state index < -0.39 is 0 Å². The lowest BCUT2D eigenvalue weighted by atomic mass is 10.3. The van der Waals surface area contributed by atoms with E-state index in [-0.39, 0.29) is 11.2 Å². The molecule has 0 aliphatic heterocycles. The van der Waals surface area contributed by atoms with Crippen molar-refractivity contribution in [2.75, 3.05) is 0 Å². The fourth-order valence-electron chi connectivity index (χ4n) is 2.03. The van der Waals surface area contributed by atoms with Gasteiger partial charge in [-0.1, -0.05) is 23.9 Å². The highest BCUT2D eigenvalue weighted by Crippen LogP contribution is 2.31. The molecular weight excluding hydrogens is 330 g/mol. The van der Waals surface area contributed by atoms with Crippen LogP contribution in [0.1, 0.15) is 24.3 Å². The maximum Gasteiger partial charge on any atom is 0.233 e. The molecule has 1 unspecified atom stereocenters. The van der Waals surface area contributed by atoms with Gasteiger partial charge in [0.1, 0.15) is 5.76 Å². The predicted octanol–water partition coefficient (Wildman–Crippen LogP) is 3.70. The van der Waals surface area contributed by atoms with Crippen molar-refractivity contribution in [1.29, 1.82) is 0 Å². The average molecular weight is 347 g/mol. The van der Waals surface area contributed by atoms with Gasteiger partial charge < -0.3 is 9.73 Å². The second kappa shape index (κ2) is 6.72. The molecule has 7 heteroatoms. The molecule has 23 heavy (non-hydrogen) atoms. The number of benzene rings is 1. The summed E-state index contributed by atoms with van der Waals surface area (Å²) in [5.41, 5.74) is 1.82. The summed E-state index contributed by atoms with van der Waals surface area (Å²) in [4.78, 5) is 21.0. The molecule has 2 heterocycles. The highest BCUT2D eigenvalue weighted by molar-refractivity contribution is 8.02. The van der Waals surface area contributed by atoms with Crippen molar-refractivity contribution in [1.82, 2.24) is 15.3 Å². The standard InChI is InChI=1S/C16H17N3O2S2/c1-9-10(2)21-14(18-9)8-17-15(20)11(3)22-16-19-12-6-4-5-7-13(12)23-16/h4-7,11H,8H2,1-3H3,(H,17,20). The number of rotatable bonds is 5. The van der Waals surface area contributed by atoms with E-state index >= 15 is 0 Å². The molecule has 2 aromatic heterocycles. The van der Waals surface area contributed by atoms with Crippen LogP contribution < -0.4 is 5.32 Å². The summed E-state index contributed by atoms with van der Waals surface area (Å²) in [5.74, 6) is 1.26. The summed E-state index contributed by atoms with van der Waals surface area (Å²) in [6.45, 7) is 5.92. The minimum Gasteiger partial charge on any atom is -0.444 e. The first-order valence-corrected chi connectivity index (χ1v) is 8.95. The van der Waals surface area contributed by atoms with Gasteiger partial charge in [-0.15, -0.1) is 11.3 Å². The van der Waals surface area contributed by atoms with Crippen LogP contribution in [-0.4, -0.2) is 21.1 Å².